The first kappa shape index (κ1) is 11.7. The molecule has 4 fully saturated rings. The monoisotopic (exact) mass is 249 g/mol. The van der Waals surface area contributed by atoms with E-state index in [1.54, 1.807) is 19.3 Å². The fourth-order valence-electron chi connectivity index (χ4n) is 5.59. The fraction of sp³-hybridized carbons (Fsp3) is 1.00. The van der Waals surface area contributed by atoms with Crippen LogP contribution < -0.4 is 5.32 Å². The van der Waals surface area contributed by atoms with Gasteiger partial charge in [-0.3, -0.25) is 0 Å². The first-order chi connectivity index (χ1) is 8.92. The lowest BCUT2D eigenvalue weighted by molar-refractivity contribution is 0.181. The van der Waals surface area contributed by atoms with Gasteiger partial charge in [0.1, 0.15) is 0 Å². The van der Waals surface area contributed by atoms with E-state index in [1.807, 2.05) is 0 Å². The fourth-order valence-corrected chi connectivity index (χ4v) is 5.59. The molecule has 0 spiro atoms. The van der Waals surface area contributed by atoms with Gasteiger partial charge >= 0.3 is 0 Å². The first-order valence-electron chi connectivity index (χ1n) is 8.23. The molecule has 0 radical (unpaired) electrons. The van der Waals surface area contributed by atoms with Crippen LogP contribution >= 0.6 is 0 Å². The molecule has 1 saturated heterocycles. The van der Waals surface area contributed by atoms with E-state index in [-0.39, 0.29) is 0 Å². The molecule has 0 aromatic carbocycles. The Morgan fingerprint density at radius 2 is 1.94 bits per heavy atom. The Labute approximate surface area is 111 Å². The Bertz CT molecular complexity index is 299. The highest BCUT2D eigenvalue weighted by Crippen LogP contribution is 2.58. The van der Waals surface area contributed by atoms with Crippen molar-refractivity contribution in [1.82, 2.24) is 5.32 Å². The maximum Gasteiger partial charge on any atom is 0.0495 e. The van der Waals surface area contributed by atoms with Crippen LogP contribution in [0.5, 0.6) is 0 Å². The number of fused-ring (bicyclic) bond motifs is 5. The summed E-state index contributed by atoms with van der Waals surface area (Å²) in [4.78, 5) is 0. The summed E-state index contributed by atoms with van der Waals surface area (Å²) in [5.41, 5.74) is 0. The highest BCUT2D eigenvalue weighted by atomic mass is 16.5. The topological polar surface area (TPSA) is 21.3 Å². The van der Waals surface area contributed by atoms with Crippen molar-refractivity contribution in [3.8, 4) is 0 Å². The third-order valence-corrected chi connectivity index (χ3v) is 6.41. The average molecular weight is 249 g/mol. The van der Waals surface area contributed by atoms with Crippen LogP contribution in [0.2, 0.25) is 0 Å². The zero-order chi connectivity index (χ0) is 11.9. The lowest BCUT2D eigenvalue weighted by Gasteiger charge is -2.32. The van der Waals surface area contributed by atoms with E-state index in [0.717, 1.165) is 48.8 Å². The molecule has 6 unspecified atom stereocenters. The first-order valence-corrected chi connectivity index (χ1v) is 8.23. The maximum atomic E-state index is 5.46. The van der Waals surface area contributed by atoms with Crippen molar-refractivity contribution in [2.24, 2.45) is 29.6 Å². The van der Waals surface area contributed by atoms with Crippen molar-refractivity contribution in [3.63, 3.8) is 0 Å². The standard InChI is InChI=1S/C16H27NO/c1-2-13-12-8-15(14(13)3-1)16(9-12)17-6-4-11-5-7-18-10-11/h11-17H,1-10H2. The van der Waals surface area contributed by atoms with Crippen LogP contribution in [0.3, 0.4) is 0 Å². The molecule has 102 valence electrons. The normalized spacial score (nSPS) is 50.0. The minimum atomic E-state index is 0.843. The van der Waals surface area contributed by atoms with Gasteiger partial charge in [-0.1, -0.05) is 6.42 Å². The summed E-state index contributed by atoms with van der Waals surface area (Å²) in [6.45, 7) is 3.25. The largest absolute Gasteiger partial charge is 0.381 e. The van der Waals surface area contributed by atoms with Gasteiger partial charge in [0.2, 0.25) is 0 Å². The van der Waals surface area contributed by atoms with E-state index in [1.165, 1.54) is 32.2 Å². The molecule has 2 heteroatoms. The predicted octanol–water partition coefficient (Wildman–Crippen LogP) is 2.83. The summed E-state index contributed by atoms with van der Waals surface area (Å²) >= 11 is 0. The molecule has 3 aliphatic carbocycles. The summed E-state index contributed by atoms with van der Waals surface area (Å²) in [5.74, 6) is 5.22. The Morgan fingerprint density at radius 3 is 2.83 bits per heavy atom. The van der Waals surface area contributed by atoms with Gasteiger partial charge in [-0.25, -0.2) is 0 Å². The lowest BCUT2D eigenvalue weighted by atomic mass is 9.79. The van der Waals surface area contributed by atoms with Crippen molar-refractivity contribution in [3.05, 3.63) is 0 Å². The van der Waals surface area contributed by atoms with E-state index in [2.05, 4.69) is 5.32 Å². The molecule has 1 N–H and O–H groups in total. The van der Waals surface area contributed by atoms with Crippen LogP contribution in [0.1, 0.15) is 44.9 Å². The molecule has 2 bridgehead atoms. The van der Waals surface area contributed by atoms with Gasteiger partial charge in [-0.2, -0.15) is 0 Å². The molecule has 4 rings (SSSR count). The van der Waals surface area contributed by atoms with E-state index < -0.39 is 0 Å². The molecule has 0 aromatic heterocycles. The van der Waals surface area contributed by atoms with Crippen molar-refractivity contribution in [2.45, 2.75) is 51.0 Å². The molecule has 18 heavy (non-hydrogen) atoms. The van der Waals surface area contributed by atoms with E-state index >= 15 is 0 Å². The molecule has 0 amide bonds. The number of hydrogen-bond acceptors (Lipinski definition) is 2. The van der Waals surface area contributed by atoms with E-state index in [9.17, 15) is 0 Å². The van der Waals surface area contributed by atoms with Gasteiger partial charge in [0, 0.05) is 19.3 Å². The Morgan fingerprint density at radius 1 is 1.00 bits per heavy atom. The Balaban J connectivity index is 1.26. The number of ether oxygens (including phenoxy) is 1. The number of rotatable bonds is 4. The van der Waals surface area contributed by atoms with Gasteiger partial charge in [0.05, 0.1) is 0 Å². The molecule has 3 saturated carbocycles. The summed E-state index contributed by atoms with van der Waals surface area (Å²) in [7, 11) is 0. The van der Waals surface area contributed by atoms with Crippen LogP contribution in [0, 0.1) is 29.6 Å². The van der Waals surface area contributed by atoms with Gasteiger partial charge in [-0.05, 0) is 74.7 Å². The van der Waals surface area contributed by atoms with Gasteiger partial charge < -0.3 is 10.1 Å². The quantitative estimate of drug-likeness (QED) is 0.827. The second kappa shape index (κ2) is 4.79. The molecule has 6 atom stereocenters. The molecule has 1 heterocycles. The van der Waals surface area contributed by atoms with E-state index in [0.29, 0.717) is 0 Å². The SMILES string of the molecule is C1CC2C3CC(NCCC4CCOC4)C(C3)C2C1. The second-order valence-corrected chi connectivity index (χ2v) is 7.23. The van der Waals surface area contributed by atoms with E-state index in [4.69, 9.17) is 4.74 Å². The predicted molar refractivity (Wildman–Crippen MR) is 72.4 cm³/mol. The van der Waals surface area contributed by atoms with Crippen molar-refractivity contribution in [2.75, 3.05) is 19.8 Å². The average Bonchev–Trinajstić information content (AvgIpc) is 3.12. The van der Waals surface area contributed by atoms with Gasteiger partial charge in [-0.15, -0.1) is 0 Å². The summed E-state index contributed by atoms with van der Waals surface area (Å²) in [6.07, 6.45) is 10.3. The third kappa shape index (κ3) is 1.92. The zero-order valence-corrected chi connectivity index (χ0v) is 11.4. The molecular formula is C16H27NO. The van der Waals surface area contributed by atoms with Crippen LogP contribution in [0.25, 0.3) is 0 Å². The highest BCUT2D eigenvalue weighted by molar-refractivity contribution is 5.05. The number of nitrogens with one attached hydrogen (secondary N) is 1. The van der Waals surface area contributed by atoms with Crippen LogP contribution in [0.4, 0.5) is 0 Å². The van der Waals surface area contributed by atoms with Crippen LogP contribution in [0.15, 0.2) is 0 Å². The molecule has 2 nitrogen and oxygen atoms in total. The summed E-state index contributed by atoms with van der Waals surface area (Å²) in [6, 6.07) is 0.872. The van der Waals surface area contributed by atoms with Crippen molar-refractivity contribution < 1.29 is 4.74 Å². The van der Waals surface area contributed by atoms with Gasteiger partial charge in [0.25, 0.3) is 0 Å². The van der Waals surface area contributed by atoms with Crippen molar-refractivity contribution >= 4 is 0 Å². The highest BCUT2D eigenvalue weighted by Gasteiger charge is 2.53. The second-order valence-electron chi connectivity index (χ2n) is 7.23. The van der Waals surface area contributed by atoms with Crippen molar-refractivity contribution in [1.29, 1.82) is 0 Å². The lowest BCUT2D eigenvalue weighted by Crippen LogP contribution is -2.40. The van der Waals surface area contributed by atoms with Gasteiger partial charge in [0.15, 0.2) is 0 Å². The smallest absolute Gasteiger partial charge is 0.0495 e. The molecule has 0 aromatic rings. The third-order valence-electron chi connectivity index (χ3n) is 6.41. The minimum absolute atomic E-state index is 0.843. The van der Waals surface area contributed by atoms with Crippen LogP contribution in [-0.4, -0.2) is 25.8 Å². The molecule has 4 aliphatic rings. The summed E-state index contributed by atoms with van der Waals surface area (Å²) in [5, 5.41) is 3.90. The molecule has 1 aliphatic heterocycles. The Kier molecular flexibility index (Phi) is 3.12. The maximum absolute atomic E-state index is 5.46. The van der Waals surface area contributed by atoms with Crippen LogP contribution in [-0.2, 0) is 4.74 Å². The Hall–Kier alpha value is -0.0800. The number of hydrogen-bond donors (Lipinski definition) is 1. The summed E-state index contributed by atoms with van der Waals surface area (Å²) < 4.78 is 5.46. The molecular weight excluding hydrogens is 222 g/mol. The minimum Gasteiger partial charge on any atom is -0.381 e. The zero-order valence-electron chi connectivity index (χ0n) is 11.4.